The van der Waals surface area contributed by atoms with E-state index in [2.05, 4.69) is 11.8 Å². The summed E-state index contributed by atoms with van der Waals surface area (Å²) in [5.74, 6) is -1.38. The number of imide groups is 1. The SMILES string of the molecule is CCCN1CCN(C(=O)C[C@]2(c3cccc(C(F)(F)F)c3)CC(=O)N(CC)C2=O)CC1. The summed E-state index contributed by atoms with van der Waals surface area (Å²) in [5.41, 5.74) is -2.44. The van der Waals surface area contributed by atoms with Crippen molar-refractivity contribution in [1.82, 2.24) is 14.7 Å². The minimum absolute atomic E-state index is 0.0644. The van der Waals surface area contributed by atoms with Crippen molar-refractivity contribution in [2.75, 3.05) is 39.3 Å². The van der Waals surface area contributed by atoms with E-state index in [1.54, 1.807) is 11.8 Å². The Morgan fingerprint density at radius 2 is 1.77 bits per heavy atom. The standard InChI is InChI=1S/C22H28F3N3O3/c1-3-8-26-9-11-27(12-10-26)18(29)14-21(15-19(30)28(4-2)20(21)31)16-6-5-7-17(13-16)22(23,24)25/h5-7,13H,3-4,8-12,14-15H2,1-2H3/t21-/m1/s1. The third kappa shape index (κ3) is 4.61. The summed E-state index contributed by atoms with van der Waals surface area (Å²) in [6.07, 6.45) is -4.20. The van der Waals surface area contributed by atoms with E-state index in [4.69, 9.17) is 0 Å². The number of halogens is 3. The van der Waals surface area contributed by atoms with Crippen LogP contribution >= 0.6 is 0 Å². The molecule has 2 aliphatic rings. The molecule has 1 aromatic carbocycles. The lowest BCUT2D eigenvalue weighted by Crippen LogP contribution is -2.51. The highest BCUT2D eigenvalue weighted by Gasteiger charge is 2.54. The Morgan fingerprint density at radius 1 is 1.10 bits per heavy atom. The van der Waals surface area contributed by atoms with Crippen LogP contribution in [0.1, 0.15) is 44.2 Å². The first-order valence-electron chi connectivity index (χ1n) is 10.6. The summed E-state index contributed by atoms with van der Waals surface area (Å²) in [4.78, 5) is 43.8. The molecule has 9 heteroatoms. The van der Waals surface area contributed by atoms with Crippen LogP contribution in [0.3, 0.4) is 0 Å². The molecule has 0 unspecified atom stereocenters. The number of piperazine rings is 1. The molecule has 2 heterocycles. The van der Waals surface area contributed by atoms with Gasteiger partial charge in [0.2, 0.25) is 17.7 Å². The Morgan fingerprint density at radius 3 is 2.32 bits per heavy atom. The summed E-state index contributed by atoms with van der Waals surface area (Å²) < 4.78 is 39.9. The molecular weight excluding hydrogens is 411 g/mol. The van der Waals surface area contributed by atoms with Gasteiger partial charge in [0.05, 0.1) is 11.0 Å². The van der Waals surface area contributed by atoms with Crippen molar-refractivity contribution in [3.63, 3.8) is 0 Å². The van der Waals surface area contributed by atoms with Crippen LogP contribution in [-0.2, 0) is 26.0 Å². The summed E-state index contributed by atoms with van der Waals surface area (Å²) in [7, 11) is 0. The van der Waals surface area contributed by atoms with Crippen LogP contribution in [-0.4, -0.2) is 71.7 Å². The van der Waals surface area contributed by atoms with Crippen LogP contribution in [0.5, 0.6) is 0 Å². The van der Waals surface area contributed by atoms with Gasteiger partial charge in [0.25, 0.3) is 0 Å². The number of likely N-dealkylation sites (tertiary alicyclic amines) is 1. The van der Waals surface area contributed by atoms with Gasteiger partial charge in [-0.15, -0.1) is 0 Å². The van der Waals surface area contributed by atoms with Crippen molar-refractivity contribution in [2.24, 2.45) is 0 Å². The van der Waals surface area contributed by atoms with Gasteiger partial charge in [-0.25, -0.2) is 0 Å². The molecule has 2 saturated heterocycles. The Labute approximate surface area is 180 Å². The molecular formula is C22H28F3N3O3. The number of rotatable bonds is 6. The van der Waals surface area contributed by atoms with E-state index < -0.39 is 29.0 Å². The second-order valence-corrected chi connectivity index (χ2v) is 8.18. The van der Waals surface area contributed by atoms with Crippen LogP contribution in [0.2, 0.25) is 0 Å². The number of alkyl halides is 3. The Balaban J connectivity index is 1.91. The third-order valence-electron chi connectivity index (χ3n) is 6.19. The highest BCUT2D eigenvalue weighted by Crippen LogP contribution is 2.42. The summed E-state index contributed by atoms with van der Waals surface area (Å²) in [6.45, 7) is 7.19. The van der Waals surface area contributed by atoms with Gasteiger partial charge >= 0.3 is 6.18 Å². The quantitative estimate of drug-likeness (QED) is 0.640. The van der Waals surface area contributed by atoms with Gasteiger partial charge in [0.1, 0.15) is 0 Å². The fraction of sp³-hybridized carbons (Fsp3) is 0.591. The normalized spacial score (nSPS) is 23.0. The first-order chi connectivity index (χ1) is 14.6. The number of benzene rings is 1. The Bertz CT molecular complexity index is 850. The topological polar surface area (TPSA) is 60.9 Å². The van der Waals surface area contributed by atoms with Gasteiger partial charge in [-0.05, 0) is 31.5 Å². The van der Waals surface area contributed by atoms with Crippen molar-refractivity contribution >= 4 is 17.7 Å². The molecule has 170 valence electrons. The maximum Gasteiger partial charge on any atom is 0.416 e. The summed E-state index contributed by atoms with van der Waals surface area (Å²) >= 11 is 0. The number of amides is 3. The zero-order valence-electron chi connectivity index (χ0n) is 17.9. The van der Waals surface area contributed by atoms with Gasteiger partial charge in [-0.2, -0.15) is 13.2 Å². The number of likely N-dealkylation sites (N-methyl/N-ethyl adjacent to an activating group) is 1. The van der Waals surface area contributed by atoms with Crippen LogP contribution in [0.25, 0.3) is 0 Å². The van der Waals surface area contributed by atoms with Crippen LogP contribution in [0.4, 0.5) is 13.2 Å². The summed E-state index contributed by atoms with van der Waals surface area (Å²) in [5, 5.41) is 0. The summed E-state index contributed by atoms with van der Waals surface area (Å²) in [6, 6.07) is 4.45. The van der Waals surface area contributed by atoms with E-state index in [0.717, 1.165) is 30.0 Å². The number of hydrogen-bond donors (Lipinski definition) is 0. The molecule has 6 nitrogen and oxygen atoms in total. The number of hydrogen-bond acceptors (Lipinski definition) is 4. The Kier molecular flexibility index (Phi) is 6.73. The molecule has 0 N–H and O–H groups in total. The molecule has 2 fully saturated rings. The van der Waals surface area contributed by atoms with Crippen LogP contribution in [0.15, 0.2) is 24.3 Å². The lowest BCUT2D eigenvalue weighted by Gasteiger charge is -2.36. The first kappa shape index (κ1) is 23.2. The Hall–Kier alpha value is -2.42. The van der Waals surface area contributed by atoms with Crippen LogP contribution in [0, 0.1) is 0 Å². The van der Waals surface area contributed by atoms with Crippen molar-refractivity contribution in [1.29, 1.82) is 0 Å². The molecule has 3 amide bonds. The smallest absolute Gasteiger partial charge is 0.340 e. The first-order valence-corrected chi connectivity index (χ1v) is 10.6. The monoisotopic (exact) mass is 439 g/mol. The largest absolute Gasteiger partial charge is 0.416 e. The minimum atomic E-state index is -4.59. The van der Waals surface area contributed by atoms with Gasteiger partial charge in [-0.1, -0.05) is 25.1 Å². The van der Waals surface area contributed by atoms with Gasteiger partial charge < -0.3 is 4.90 Å². The van der Waals surface area contributed by atoms with Gasteiger partial charge in [0.15, 0.2) is 0 Å². The molecule has 3 rings (SSSR count). The molecule has 0 aliphatic carbocycles. The number of nitrogens with zero attached hydrogens (tertiary/aromatic N) is 3. The molecule has 0 radical (unpaired) electrons. The van der Waals surface area contributed by atoms with Crippen molar-refractivity contribution in [2.45, 2.75) is 44.7 Å². The van der Waals surface area contributed by atoms with E-state index in [1.807, 2.05) is 0 Å². The average Bonchev–Trinajstić information content (AvgIpc) is 2.98. The molecule has 0 bridgehead atoms. The molecule has 0 saturated carbocycles. The second kappa shape index (κ2) is 8.98. The van der Waals surface area contributed by atoms with Crippen molar-refractivity contribution in [3.8, 4) is 0 Å². The average molecular weight is 439 g/mol. The predicted molar refractivity (Wildman–Crippen MR) is 108 cm³/mol. The maximum absolute atomic E-state index is 13.3. The lowest BCUT2D eigenvalue weighted by molar-refractivity contribution is -0.143. The van der Waals surface area contributed by atoms with Crippen LogP contribution < -0.4 is 0 Å². The van der Waals surface area contributed by atoms with Gasteiger partial charge in [0, 0.05) is 45.6 Å². The van der Waals surface area contributed by atoms with Crippen molar-refractivity contribution in [3.05, 3.63) is 35.4 Å². The zero-order valence-corrected chi connectivity index (χ0v) is 17.9. The van der Waals surface area contributed by atoms with E-state index in [0.29, 0.717) is 26.2 Å². The van der Waals surface area contributed by atoms with E-state index in [1.165, 1.54) is 12.1 Å². The fourth-order valence-electron chi connectivity index (χ4n) is 4.49. The molecule has 31 heavy (non-hydrogen) atoms. The van der Waals surface area contributed by atoms with Gasteiger partial charge in [-0.3, -0.25) is 24.2 Å². The number of carbonyl (C=O) groups is 3. The lowest BCUT2D eigenvalue weighted by atomic mass is 9.75. The third-order valence-corrected chi connectivity index (χ3v) is 6.19. The highest BCUT2D eigenvalue weighted by molar-refractivity contribution is 6.10. The minimum Gasteiger partial charge on any atom is -0.340 e. The zero-order chi connectivity index (χ0) is 22.8. The van der Waals surface area contributed by atoms with E-state index in [9.17, 15) is 27.6 Å². The molecule has 1 aromatic rings. The van der Waals surface area contributed by atoms with Crippen molar-refractivity contribution < 1.29 is 27.6 Å². The second-order valence-electron chi connectivity index (χ2n) is 8.18. The fourth-order valence-corrected chi connectivity index (χ4v) is 4.49. The highest BCUT2D eigenvalue weighted by atomic mass is 19.4. The van der Waals surface area contributed by atoms with E-state index >= 15 is 0 Å². The molecule has 2 aliphatic heterocycles. The maximum atomic E-state index is 13.3. The predicted octanol–water partition coefficient (Wildman–Crippen LogP) is 2.67. The molecule has 1 atom stereocenters. The number of carbonyl (C=O) groups excluding carboxylic acids is 3. The molecule has 0 spiro atoms. The van der Waals surface area contributed by atoms with E-state index in [-0.39, 0.29) is 30.9 Å². The molecule has 0 aromatic heterocycles.